The van der Waals surface area contributed by atoms with Crippen molar-refractivity contribution < 1.29 is 18.0 Å². The minimum atomic E-state index is -3.94. The summed E-state index contributed by atoms with van der Waals surface area (Å²) >= 11 is 6.12. The van der Waals surface area contributed by atoms with Crippen molar-refractivity contribution in [3.8, 4) is 0 Å². The van der Waals surface area contributed by atoms with Gasteiger partial charge in [-0.3, -0.25) is 9.59 Å². The number of halogens is 1. The summed E-state index contributed by atoms with van der Waals surface area (Å²) in [4.78, 5) is 27.7. The maximum Gasteiger partial charge on any atom is 0.243 e. The van der Waals surface area contributed by atoms with Gasteiger partial charge < -0.3 is 10.2 Å². The fraction of sp³-hybridized carbons (Fsp3) is 0.333. The molecule has 3 rings (SSSR count). The van der Waals surface area contributed by atoms with Crippen molar-refractivity contribution in [2.45, 2.75) is 44.2 Å². The smallest absolute Gasteiger partial charge is 0.243 e. The van der Waals surface area contributed by atoms with Crippen LogP contribution < -0.4 is 5.32 Å². The summed E-state index contributed by atoms with van der Waals surface area (Å²) in [5, 5.41) is 5.07. The van der Waals surface area contributed by atoms with Crippen molar-refractivity contribution in [1.29, 1.82) is 0 Å². The normalized spacial score (nSPS) is 12.5. The van der Waals surface area contributed by atoms with E-state index in [1.807, 2.05) is 37.3 Å². The molecular formula is C27H32ClN3O4S. The van der Waals surface area contributed by atoms with Crippen LogP contribution in [0.15, 0.2) is 71.6 Å². The fourth-order valence-corrected chi connectivity index (χ4v) is 5.19. The van der Waals surface area contributed by atoms with Crippen LogP contribution in [-0.4, -0.2) is 55.6 Å². The highest BCUT2D eigenvalue weighted by molar-refractivity contribution is 7.89. The van der Waals surface area contributed by atoms with Crippen LogP contribution in [0.5, 0.6) is 0 Å². The Labute approximate surface area is 218 Å². The van der Waals surface area contributed by atoms with E-state index < -0.39 is 28.5 Å². The van der Waals surface area contributed by atoms with E-state index in [4.69, 9.17) is 11.6 Å². The van der Waals surface area contributed by atoms with Crippen molar-refractivity contribution in [2.24, 2.45) is 0 Å². The van der Waals surface area contributed by atoms with E-state index in [2.05, 4.69) is 5.32 Å². The molecule has 0 bridgehead atoms. The first-order valence-corrected chi connectivity index (χ1v) is 13.7. The largest absolute Gasteiger partial charge is 0.354 e. The van der Waals surface area contributed by atoms with Gasteiger partial charge in [0.05, 0.1) is 11.4 Å². The van der Waals surface area contributed by atoms with Crippen LogP contribution in [0.1, 0.15) is 32.3 Å². The molecule has 0 fully saturated rings. The average molecular weight is 530 g/mol. The summed E-state index contributed by atoms with van der Waals surface area (Å²) in [6, 6.07) is 18.6. The molecule has 3 aromatic carbocycles. The fourth-order valence-electron chi connectivity index (χ4n) is 3.82. The van der Waals surface area contributed by atoms with Crippen LogP contribution >= 0.6 is 11.6 Å². The number of fused-ring (bicyclic) bond motifs is 1. The van der Waals surface area contributed by atoms with Crippen LogP contribution in [0.2, 0.25) is 5.02 Å². The van der Waals surface area contributed by atoms with Gasteiger partial charge in [0.2, 0.25) is 21.8 Å². The van der Waals surface area contributed by atoms with E-state index in [1.54, 1.807) is 37.3 Å². The lowest BCUT2D eigenvalue weighted by molar-refractivity contribution is -0.140. The predicted molar refractivity (Wildman–Crippen MR) is 143 cm³/mol. The van der Waals surface area contributed by atoms with E-state index in [1.165, 1.54) is 18.0 Å². The lowest BCUT2D eigenvalue weighted by Crippen LogP contribution is -2.50. The zero-order valence-electron chi connectivity index (χ0n) is 20.8. The van der Waals surface area contributed by atoms with E-state index in [-0.39, 0.29) is 17.3 Å². The molecule has 2 amide bonds. The summed E-state index contributed by atoms with van der Waals surface area (Å²) in [5.74, 6) is -0.779. The first-order chi connectivity index (χ1) is 17.1. The number of amides is 2. The quantitative estimate of drug-likeness (QED) is 0.372. The Hall–Kier alpha value is -2.94. The molecule has 36 heavy (non-hydrogen) atoms. The number of benzene rings is 3. The molecule has 7 nitrogen and oxygen atoms in total. The molecule has 9 heteroatoms. The molecule has 1 N–H and O–H groups in total. The summed E-state index contributed by atoms with van der Waals surface area (Å²) in [6.07, 6.45) is 1.75. The zero-order valence-corrected chi connectivity index (χ0v) is 22.3. The molecule has 0 aliphatic carbocycles. The highest BCUT2D eigenvalue weighted by atomic mass is 35.5. The second kappa shape index (κ2) is 12.3. The van der Waals surface area contributed by atoms with Crippen molar-refractivity contribution in [1.82, 2.24) is 14.5 Å². The van der Waals surface area contributed by atoms with Gasteiger partial charge in [0, 0.05) is 25.2 Å². The topological polar surface area (TPSA) is 86.8 Å². The third-order valence-electron chi connectivity index (χ3n) is 6.03. The minimum absolute atomic E-state index is 0.100. The van der Waals surface area contributed by atoms with Crippen LogP contribution in [-0.2, 0) is 26.2 Å². The molecule has 0 radical (unpaired) electrons. The Morgan fingerprint density at radius 1 is 1.00 bits per heavy atom. The van der Waals surface area contributed by atoms with Crippen molar-refractivity contribution in [3.63, 3.8) is 0 Å². The molecular weight excluding hydrogens is 498 g/mol. The van der Waals surface area contributed by atoms with Gasteiger partial charge in [-0.05, 0) is 53.9 Å². The monoisotopic (exact) mass is 529 g/mol. The van der Waals surface area contributed by atoms with Gasteiger partial charge in [-0.25, -0.2) is 8.42 Å². The average Bonchev–Trinajstić information content (AvgIpc) is 2.86. The van der Waals surface area contributed by atoms with Crippen molar-refractivity contribution in [2.75, 3.05) is 20.1 Å². The first-order valence-electron chi connectivity index (χ1n) is 11.9. The van der Waals surface area contributed by atoms with Gasteiger partial charge in [0.25, 0.3) is 0 Å². The summed E-state index contributed by atoms with van der Waals surface area (Å²) in [7, 11) is -2.57. The molecule has 3 aromatic rings. The number of rotatable bonds is 11. The molecule has 0 unspecified atom stereocenters. The number of hydrogen-bond acceptors (Lipinski definition) is 4. The standard InChI is InChI=1S/C27H32ClN3O4S/c1-4-5-15-29-27(33)20(2)31(18-21-9-8-12-24(28)16-21)26(32)19-30(3)36(34,35)25-14-13-22-10-6-7-11-23(22)17-25/h6-14,16-17,20H,4-5,15,18-19H2,1-3H3,(H,29,33)/t20-/m0/s1. The van der Waals surface area contributed by atoms with Gasteiger partial charge in [-0.2, -0.15) is 4.31 Å². The first kappa shape index (κ1) is 27.6. The highest BCUT2D eigenvalue weighted by Gasteiger charge is 2.30. The minimum Gasteiger partial charge on any atom is -0.354 e. The van der Waals surface area contributed by atoms with Gasteiger partial charge in [0.1, 0.15) is 6.04 Å². The lowest BCUT2D eigenvalue weighted by atomic mass is 10.1. The van der Waals surface area contributed by atoms with Gasteiger partial charge in [0.15, 0.2) is 0 Å². The second-order valence-electron chi connectivity index (χ2n) is 8.74. The van der Waals surface area contributed by atoms with Gasteiger partial charge in [-0.15, -0.1) is 0 Å². The van der Waals surface area contributed by atoms with Crippen molar-refractivity contribution >= 4 is 44.2 Å². The van der Waals surface area contributed by atoms with Crippen LogP contribution in [0, 0.1) is 0 Å². The third kappa shape index (κ3) is 6.84. The van der Waals surface area contributed by atoms with Crippen LogP contribution in [0.25, 0.3) is 10.8 Å². The van der Waals surface area contributed by atoms with Crippen LogP contribution in [0.3, 0.4) is 0 Å². The SMILES string of the molecule is CCCCNC(=O)[C@H](C)N(Cc1cccc(Cl)c1)C(=O)CN(C)S(=O)(=O)c1ccc2ccccc2c1. The van der Waals surface area contributed by atoms with Gasteiger partial charge in [-0.1, -0.05) is 67.4 Å². The third-order valence-corrected chi connectivity index (χ3v) is 8.06. The molecule has 0 spiro atoms. The van der Waals surface area contributed by atoms with E-state index in [0.29, 0.717) is 11.6 Å². The molecule has 0 heterocycles. The molecule has 0 aliphatic heterocycles. The van der Waals surface area contributed by atoms with Crippen LogP contribution in [0.4, 0.5) is 0 Å². The maximum atomic E-state index is 13.4. The predicted octanol–water partition coefficient (Wildman–Crippen LogP) is 4.45. The number of nitrogens with zero attached hydrogens (tertiary/aromatic N) is 2. The van der Waals surface area contributed by atoms with E-state index >= 15 is 0 Å². The number of carbonyl (C=O) groups is 2. The second-order valence-corrected chi connectivity index (χ2v) is 11.2. The molecule has 0 saturated heterocycles. The maximum absolute atomic E-state index is 13.4. The number of sulfonamides is 1. The van der Waals surface area contributed by atoms with Crippen molar-refractivity contribution in [3.05, 3.63) is 77.3 Å². The number of unbranched alkanes of at least 4 members (excludes halogenated alkanes) is 1. The lowest BCUT2D eigenvalue weighted by Gasteiger charge is -2.30. The van der Waals surface area contributed by atoms with E-state index in [9.17, 15) is 18.0 Å². The summed E-state index contributed by atoms with van der Waals surface area (Å²) in [5.41, 5.74) is 0.740. The molecule has 0 saturated carbocycles. The van der Waals surface area contributed by atoms with E-state index in [0.717, 1.165) is 33.5 Å². The zero-order chi connectivity index (χ0) is 26.3. The number of carbonyl (C=O) groups excluding carboxylic acids is 2. The van der Waals surface area contributed by atoms with Gasteiger partial charge >= 0.3 is 0 Å². The molecule has 0 aromatic heterocycles. The number of likely N-dealkylation sites (N-methyl/N-ethyl adjacent to an activating group) is 1. The Morgan fingerprint density at radius 2 is 1.72 bits per heavy atom. The number of nitrogens with one attached hydrogen (secondary N) is 1. The summed E-state index contributed by atoms with van der Waals surface area (Å²) < 4.78 is 27.6. The Kier molecular flexibility index (Phi) is 9.48. The molecule has 0 aliphatic rings. The Morgan fingerprint density at radius 3 is 2.42 bits per heavy atom. The Balaban J connectivity index is 1.82. The Bertz CT molecular complexity index is 1330. The summed E-state index contributed by atoms with van der Waals surface area (Å²) in [6.45, 7) is 3.88. The number of hydrogen-bond donors (Lipinski definition) is 1. The molecule has 1 atom stereocenters. The highest BCUT2D eigenvalue weighted by Crippen LogP contribution is 2.22. The molecule has 192 valence electrons.